The van der Waals surface area contributed by atoms with Gasteiger partial charge >= 0.3 is 0 Å². The number of carbonyl (C=O) groups is 2. The quantitative estimate of drug-likeness (QED) is 0.656. The zero-order valence-corrected chi connectivity index (χ0v) is 16.5. The molecule has 2 rings (SSSR count). The summed E-state index contributed by atoms with van der Waals surface area (Å²) in [5.41, 5.74) is 0.775. The Labute approximate surface area is 159 Å². The molecular formula is C16H20N4O2S3. The number of hydrogen-bond acceptors (Lipinski definition) is 7. The van der Waals surface area contributed by atoms with Crippen LogP contribution in [0.5, 0.6) is 0 Å². The van der Waals surface area contributed by atoms with Crippen molar-refractivity contribution in [2.75, 3.05) is 29.9 Å². The highest BCUT2D eigenvalue weighted by Crippen LogP contribution is 2.29. The van der Waals surface area contributed by atoms with Crippen LogP contribution in [-0.2, 0) is 9.59 Å². The van der Waals surface area contributed by atoms with E-state index in [-0.39, 0.29) is 17.6 Å². The zero-order chi connectivity index (χ0) is 18.1. The van der Waals surface area contributed by atoms with Crippen LogP contribution in [0.15, 0.2) is 39.0 Å². The van der Waals surface area contributed by atoms with E-state index in [1.807, 2.05) is 44.2 Å². The molecule has 0 spiro atoms. The predicted molar refractivity (Wildman–Crippen MR) is 104 cm³/mol. The number of nitrogens with one attached hydrogen (secondary N) is 1. The number of aromatic nitrogens is 2. The molecular weight excluding hydrogens is 376 g/mol. The average Bonchev–Trinajstić information content (AvgIpc) is 3.08. The molecule has 0 saturated heterocycles. The Morgan fingerprint density at radius 2 is 1.64 bits per heavy atom. The standard InChI is InChI=1S/C16H20N4O2S3/c1-3-20(4-2)14(22)11-24-16-19-18-15(25-16)23-10-13(21)17-12-8-6-5-7-9-12/h5-9H,3-4,10-11H2,1-2H3,(H,17,21). The summed E-state index contributed by atoms with van der Waals surface area (Å²) >= 11 is 4.13. The summed E-state index contributed by atoms with van der Waals surface area (Å²) in [6, 6.07) is 9.33. The van der Waals surface area contributed by atoms with E-state index in [2.05, 4.69) is 15.5 Å². The molecule has 25 heavy (non-hydrogen) atoms. The molecule has 0 fully saturated rings. The van der Waals surface area contributed by atoms with E-state index in [9.17, 15) is 9.59 Å². The third-order valence-electron chi connectivity index (χ3n) is 3.21. The van der Waals surface area contributed by atoms with Gasteiger partial charge < -0.3 is 10.2 Å². The molecule has 0 aliphatic rings. The fourth-order valence-electron chi connectivity index (χ4n) is 1.95. The number of anilines is 1. The maximum Gasteiger partial charge on any atom is 0.234 e. The van der Waals surface area contributed by atoms with E-state index in [0.29, 0.717) is 18.8 Å². The van der Waals surface area contributed by atoms with Gasteiger partial charge in [0, 0.05) is 18.8 Å². The van der Waals surface area contributed by atoms with Gasteiger partial charge in [-0.2, -0.15) is 0 Å². The van der Waals surface area contributed by atoms with Crippen LogP contribution in [0, 0.1) is 0 Å². The molecule has 0 aliphatic carbocycles. The topological polar surface area (TPSA) is 75.2 Å². The molecule has 2 aromatic rings. The van der Waals surface area contributed by atoms with Crippen molar-refractivity contribution in [3.63, 3.8) is 0 Å². The monoisotopic (exact) mass is 396 g/mol. The van der Waals surface area contributed by atoms with Gasteiger partial charge in [-0.1, -0.05) is 53.1 Å². The first-order chi connectivity index (χ1) is 12.1. The molecule has 1 aromatic carbocycles. The summed E-state index contributed by atoms with van der Waals surface area (Å²) in [4.78, 5) is 25.7. The summed E-state index contributed by atoms with van der Waals surface area (Å²) in [7, 11) is 0. The number of para-hydroxylation sites is 1. The van der Waals surface area contributed by atoms with Crippen LogP contribution < -0.4 is 5.32 Å². The summed E-state index contributed by atoms with van der Waals surface area (Å²) in [5, 5.41) is 11.0. The van der Waals surface area contributed by atoms with E-state index in [1.165, 1.54) is 34.9 Å². The third-order valence-corrected chi connectivity index (χ3v) is 6.38. The van der Waals surface area contributed by atoms with Crippen LogP contribution in [-0.4, -0.2) is 51.5 Å². The van der Waals surface area contributed by atoms with Crippen LogP contribution in [0.3, 0.4) is 0 Å². The summed E-state index contributed by atoms with van der Waals surface area (Å²) in [6.07, 6.45) is 0. The van der Waals surface area contributed by atoms with Gasteiger partial charge in [0.1, 0.15) is 0 Å². The van der Waals surface area contributed by atoms with E-state index < -0.39 is 0 Å². The van der Waals surface area contributed by atoms with Crippen LogP contribution >= 0.6 is 34.9 Å². The number of nitrogens with zero attached hydrogens (tertiary/aromatic N) is 3. The second kappa shape index (κ2) is 10.4. The normalized spacial score (nSPS) is 10.5. The Morgan fingerprint density at radius 3 is 2.24 bits per heavy atom. The lowest BCUT2D eigenvalue weighted by molar-refractivity contribution is -0.128. The Hall–Kier alpha value is -1.58. The molecule has 0 atom stereocenters. The molecule has 1 aromatic heterocycles. The molecule has 0 aliphatic heterocycles. The fraction of sp³-hybridized carbons (Fsp3) is 0.375. The Kier molecular flexibility index (Phi) is 8.23. The van der Waals surface area contributed by atoms with Crippen LogP contribution in [0.4, 0.5) is 5.69 Å². The lowest BCUT2D eigenvalue weighted by Crippen LogP contribution is -2.31. The molecule has 1 N–H and O–H groups in total. The van der Waals surface area contributed by atoms with Crippen LogP contribution in [0.2, 0.25) is 0 Å². The number of thioether (sulfide) groups is 2. The molecule has 0 bridgehead atoms. The lowest BCUT2D eigenvalue weighted by atomic mass is 10.3. The fourth-order valence-corrected chi connectivity index (χ4v) is 4.67. The van der Waals surface area contributed by atoms with Gasteiger partial charge in [-0.15, -0.1) is 10.2 Å². The Bertz CT molecular complexity index is 690. The van der Waals surface area contributed by atoms with Crippen LogP contribution in [0.1, 0.15) is 13.8 Å². The molecule has 6 nitrogen and oxygen atoms in total. The van der Waals surface area contributed by atoms with Crippen molar-refractivity contribution in [2.24, 2.45) is 0 Å². The number of carbonyl (C=O) groups excluding carboxylic acids is 2. The SMILES string of the molecule is CCN(CC)C(=O)CSc1nnc(SCC(=O)Nc2ccccc2)s1. The first-order valence-electron chi connectivity index (χ1n) is 7.84. The Morgan fingerprint density at radius 1 is 1.04 bits per heavy atom. The van der Waals surface area contributed by atoms with Crippen molar-refractivity contribution < 1.29 is 9.59 Å². The second-order valence-electron chi connectivity index (χ2n) is 4.89. The van der Waals surface area contributed by atoms with Crippen molar-refractivity contribution >= 4 is 52.4 Å². The van der Waals surface area contributed by atoms with Crippen molar-refractivity contribution in [1.82, 2.24) is 15.1 Å². The minimum atomic E-state index is -0.0858. The molecule has 1 heterocycles. The van der Waals surface area contributed by atoms with Gasteiger partial charge in [0.15, 0.2) is 8.68 Å². The highest BCUT2D eigenvalue weighted by atomic mass is 32.2. The smallest absolute Gasteiger partial charge is 0.234 e. The first-order valence-corrected chi connectivity index (χ1v) is 10.6. The molecule has 9 heteroatoms. The minimum absolute atomic E-state index is 0.0858. The highest BCUT2D eigenvalue weighted by molar-refractivity contribution is 8.03. The number of hydrogen-bond donors (Lipinski definition) is 1. The summed E-state index contributed by atoms with van der Waals surface area (Å²) in [6.45, 7) is 5.35. The second-order valence-corrected chi connectivity index (χ2v) is 8.31. The number of amides is 2. The van der Waals surface area contributed by atoms with Crippen molar-refractivity contribution in [2.45, 2.75) is 22.5 Å². The minimum Gasteiger partial charge on any atom is -0.343 e. The maximum absolute atomic E-state index is 12.0. The zero-order valence-electron chi connectivity index (χ0n) is 14.1. The molecule has 0 saturated carbocycles. The highest BCUT2D eigenvalue weighted by Gasteiger charge is 2.13. The van der Waals surface area contributed by atoms with E-state index in [4.69, 9.17) is 0 Å². The van der Waals surface area contributed by atoms with Crippen molar-refractivity contribution in [3.8, 4) is 0 Å². The molecule has 134 valence electrons. The van der Waals surface area contributed by atoms with Gasteiger partial charge in [0.05, 0.1) is 11.5 Å². The third kappa shape index (κ3) is 6.68. The molecule has 2 amide bonds. The Balaban J connectivity index is 1.75. The van der Waals surface area contributed by atoms with E-state index >= 15 is 0 Å². The largest absolute Gasteiger partial charge is 0.343 e. The van der Waals surface area contributed by atoms with Gasteiger partial charge in [0.2, 0.25) is 11.8 Å². The van der Waals surface area contributed by atoms with Crippen LogP contribution in [0.25, 0.3) is 0 Å². The molecule has 0 unspecified atom stereocenters. The number of benzene rings is 1. The van der Waals surface area contributed by atoms with Gasteiger partial charge in [0.25, 0.3) is 0 Å². The van der Waals surface area contributed by atoms with Crippen molar-refractivity contribution in [1.29, 1.82) is 0 Å². The number of rotatable bonds is 9. The first kappa shape index (κ1) is 19.7. The lowest BCUT2D eigenvalue weighted by Gasteiger charge is -2.17. The van der Waals surface area contributed by atoms with Crippen molar-refractivity contribution in [3.05, 3.63) is 30.3 Å². The van der Waals surface area contributed by atoms with Gasteiger partial charge in [-0.05, 0) is 26.0 Å². The predicted octanol–water partition coefficient (Wildman–Crippen LogP) is 3.23. The van der Waals surface area contributed by atoms with E-state index in [0.717, 1.165) is 14.4 Å². The maximum atomic E-state index is 12.0. The summed E-state index contributed by atoms with van der Waals surface area (Å²) in [5.74, 6) is 0.640. The van der Waals surface area contributed by atoms with E-state index in [1.54, 1.807) is 4.90 Å². The summed E-state index contributed by atoms with van der Waals surface area (Å²) < 4.78 is 1.47. The molecule has 0 radical (unpaired) electrons. The van der Waals surface area contributed by atoms with Gasteiger partial charge in [-0.25, -0.2) is 0 Å². The average molecular weight is 397 g/mol. The van der Waals surface area contributed by atoms with Gasteiger partial charge in [-0.3, -0.25) is 9.59 Å².